The highest BCUT2D eigenvalue weighted by molar-refractivity contribution is 7.87. The normalized spacial score (nSPS) is 12.6. The first kappa shape index (κ1) is 22.2. The van der Waals surface area contributed by atoms with Crippen molar-refractivity contribution in [2.24, 2.45) is 0 Å². The number of benzene rings is 2. The molecule has 0 aromatic heterocycles. The molecule has 0 radical (unpaired) electrons. The molecule has 2 aromatic rings. The van der Waals surface area contributed by atoms with Crippen LogP contribution in [0.15, 0.2) is 47.4 Å². The standard InChI is InChI=1S/C21H29FN2O3S/c1-5-16(4)23-15-17-8-11-19(24(6-2)7-3)14-21(17)27-28(25,26)20-12-9-18(22)10-13-20/h8-14,16,23H,5-7,15H2,1-4H3/t16-/m0/s1. The van der Waals surface area contributed by atoms with Crippen LogP contribution in [0.5, 0.6) is 5.75 Å². The molecule has 28 heavy (non-hydrogen) atoms. The van der Waals surface area contributed by atoms with E-state index < -0.39 is 15.9 Å². The Morgan fingerprint density at radius 2 is 1.71 bits per heavy atom. The number of anilines is 1. The molecule has 0 spiro atoms. The molecule has 0 saturated heterocycles. The van der Waals surface area contributed by atoms with E-state index in [1.165, 1.54) is 12.1 Å². The van der Waals surface area contributed by atoms with Crippen molar-refractivity contribution < 1.29 is 17.0 Å². The predicted molar refractivity (Wildman–Crippen MR) is 111 cm³/mol. The highest BCUT2D eigenvalue weighted by Gasteiger charge is 2.20. The summed E-state index contributed by atoms with van der Waals surface area (Å²) in [5.41, 5.74) is 1.64. The third-order valence-corrected chi connectivity index (χ3v) is 5.98. The van der Waals surface area contributed by atoms with Gasteiger partial charge in [-0.2, -0.15) is 8.42 Å². The average Bonchev–Trinajstić information content (AvgIpc) is 2.68. The minimum atomic E-state index is -4.07. The first-order valence-corrected chi connectivity index (χ1v) is 11.0. The van der Waals surface area contributed by atoms with Gasteiger partial charge < -0.3 is 14.4 Å². The summed E-state index contributed by atoms with van der Waals surface area (Å²) in [6.07, 6.45) is 0.960. The van der Waals surface area contributed by atoms with Crippen LogP contribution < -0.4 is 14.4 Å². The molecular weight excluding hydrogens is 379 g/mol. The molecule has 1 N–H and O–H groups in total. The first-order chi connectivity index (χ1) is 13.3. The summed E-state index contributed by atoms with van der Waals surface area (Å²) < 4.78 is 44.0. The Balaban J connectivity index is 2.39. The van der Waals surface area contributed by atoms with Crippen LogP contribution in [0.2, 0.25) is 0 Å². The van der Waals surface area contributed by atoms with Gasteiger partial charge in [-0.1, -0.05) is 13.0 Å². The molecule has 0 saturated carbocycles. The van der Waals surface area contributed by atoms with Gasteiger partial charge in [-0.25, -0.2) is 4.39 Å². The molecule has 0 aliphatic heterocycles. The monoisotopic (exact) mass is 408 g/mol. The zero-order chi connectivity index (χ0) is 20.7. The fourth-order valence-corrected chi connectivity index (χ4v) is 3.71. The second kappa shape index (κ2) is 9.89. The number of hydrogen-bond acceptors (Lipinski definition) is 5. The van der Waals surface area contributed by atoms with Crippen molar-refractivity contribution in [3.8, 4) is 5.75 Å². The highest BCUT2D eigenvalue weighted by atomic mass is 32.2. The molecule has 2 aromatic carbocycles. The smallest absolute Gasteiger partial charge is 0.339 e. The Bertz CT molecular complexity index is 866. The summed E-state index contributed by atoms with van der Waals surface area (Å²) in [6.45, 7) is 10.3. The van der Waals surface area contributed by atoms with E-state index in [1.807, 2.05) is 26.0 Å². The maximum Gasteiger partial charge on any atom is 0.339 e. The van der Waals surface area contributed by atoms with Gasteiger partial charge in [-0.3, -0.25) is 0 Å². The SMILES string of the molecule is CC[C@H](C)NCc1ccc(N(CC)CC)cc1OS(=O)(=O)c1ccc(F)cc1. The molecule has 0 amide bonds. The minimum absolute atomic E-state index is 0.0806. The van der Waals surface area contributed by atoms with Gasteiger partial charge in [0.2, 0.25) is 0 Å². The van der Waals surface area contributed by atoms with E-state index >= 15 is 0 Å². The zero-order valence-corrected chi connectivity index (χ0v) is 17.7. The number of nitrogens with zero attached hydrogens (tertiary/aromatic N) is 1. The Labute approximate surface area is 167 Å². The predicted octanol–water partition coefficient (Wildman–Crippen LogP) is 4.33. The summed E-state index contributed by atoms with van der Waals surface area (Å²) in [5, 5.41) is 3.36. The molecule has 7 heteroatoms. The van der Waals surface area contributed by atoms with Crippen LogP contribution >= 0.6 is 0 Å². The summed E-state index contributed by atoms with van der Waals surface area (Å²) >= 11 is 0. The van der Waals surface area contributed by atoms with Crippen molar-refractivity contribution >= 4 is 15.8 Å². The fourth-order valence-electron chi connectivity index (χ4n) is 2.75. The topological polar surface area (TPSA) is 58.6 Å². The molecule has 5 nitrogen and oxygen atoms in total. The molecule has 2 rings (SSSR count). The van der Waals surface area contributed by atoms with Gasteiger partial charge in [-0.05, 0) is 57.5 Å². The molecule has 0 heterocycles. The minimum Gasteiger partial charge on any atom is -0.379 e. The van der Waals surface area contributed by atoms with Crippen molar-refractivity contribution in [3.05, 3.63) is 53.8 Å². The molecule has 154 valence electrons. The molecule has 0 unspecified atom stereocenters. The molecule has 0 fully saturated rings. The summed E-state index contributed by atoms with van der Waals surface area (Å²) in [6, 6.07) is 10.5. The Hall–Kier alpha value is -2.12. The quantitative estimate of drug-likeness (QED) is 0.593. The number of halogens is 1. The van der Waals surface area contributed by atoms with Gasteiger partial charge in [0, 0.05) is 43.0 Å². The first-order valence-electron chi connectivity index (χ1n) is 9.62. The van der Waals surface area contributed by atoms with Crippen molar-refractivity contribution in [1.29, 1.82) is 0 Å². The third kappa shape index (κ3) is 5.69. The van der Waals surface area contributed by atoms with E-state index in [2.05, 4.69) is 24.1 Å². The number of nitrogens with one attached hydrogen (secondary N) is 1. The molecule has 0 aliphatic rings. The van der Waals surface area contributed by atoms with Crippen molar-refractivity contribution in [2.45, 2.75) is 51.6 Å². The molecule has 1 atom stereocenters. The lowest BCUT2D eigenvalue weighted by Crippen LogP contribution is -2.25. The number of hydrogen-bond donors (Lipinski definition) is 1. The van der Waals surface area contributed by atoms with E-state index in [4.69, 9.17) is 4.18 Å². The van der Waals surface area contributed by atoms with E-state index in [1.54, 1.807) is 6.07 Å². The molecule has 0 aliphatic carbocycles. The van der Waals surface area contributed by atoms with E-state index in [0.717, 1.165) is 42.9 Å². The van der Waals surface area contributed by atoms with Gasteiger partial charge in [0.1, 0.15) is 16.5 Å². The van der Waals surface area contributed by atoms with Crippen LogP contribution in [0.3, 0.4) is 0 Å². The maximum atomic E-state index is 13.1. The van der Waals surface area contributed by atoms with Gasteiger partial charge in [0.15, 0.2) is 0 Å². The summed E-state index contributed by atoms with van der Waals surface area (Å²) in [4.78, 5) is 2.03. The molecule has 0 bridgehead atoms. The Morgan fingerprint density at radius 1 is 1.07 bits per heavy atom. The van der Waals surface area contributed by atoms with Crippen molar-refractivity contribution in [3.63, 3.8) is 0 Å². The summed E-state index contributed by atoms with van der Waals surface area (Å²) in [5.74, 6) is -0.217. The van der Waals surface area contributed by atoms with E-state index in [9.17, 15) is 12.8 Å². The third-order valence-electron chi connectivity index (χ3n) is 4.73. The Kier molecular flexibility index (Phi) is 7.83. The van der Waals surface area contributed by atoms with Crippen LogP contribution in [0.1, 0.15) is 39.7 Å². The lowest BCUT2D eigenvalue weighted by Gasteiger charge is -2.23. The van der Waals surface area contributed by atoms with Crippen LogP contribution in [-0.2, 0) is 16.7 Å². The second-order valence-corrected chi connectivity index (χ2v) is 8.19. The van der Waals surface area contributed by atoms with Gasteiger partial charge in [0.05, 0.1) is 0 Å². The van der Waals surface area contributed by atoms with Crippen LogP contribution in [0.4, 0.5) is 10.1 Å². The van der Waals surface area contributed by atoms with Gasteiger partial charge in [-0.15, -0.1) is 0 Å². The lowest BCUT2D eigenvalue weighted by atomic mass is 10.1. The van der Waals surface area contributed by atoms with Crippen molar-refractivity contribution in [1.82, 2.24) is 5.32 Å². The van der Waals surface area contributed by atoms with Crippen LogP contribution in [0.25, 0.3) is 0 Å². The fraction of sp³-hybridized carbons (Fsp3) is 0.429. The molecular formula is C21H29FN2O3S. The highest BCUT2D eigenvalue weighted by Crippen LogP contribution is 2.29. The largest absolute Gasteiger partial charge is 0.379 e. The van der Waals surface area contributed by atoms with E-state index in [-0.39, 0.29) is 10.6 Å². The van der Waals surface area contributed by atoms with E-state index in [0.29, 0.717) is 12.6 Å². The lowest BCUT2D eigenvalue weighted by molar-refractivity contribution is 0.476. The summed E-state index contributed by atoms with van der Waals surface area (Å²) in [7, 11) is -4.07. The van der Waals surface area contributed by atoms with Gasteiger partial charge in [0.25, 0.3) is 0 Å². The van der Waals surface area contributed by atoms with Crippen LogP contribution in [-0.4, -0.2) is 27.5 Å². The van der Waals surface area contributed by atoms with Crippen LogP contribution in [0, 0.1) is 5.82 Å². The maximum absolute atomic E-state index is 13.1. The average molecular weight is 409 g/mol. The zero-order valence-electron chi connectivity index (χ0n) is 16.9. The van der Waals surface area contributed by atoms with Crippen molar-refractivity contribution in [2.75, 3.05) is 18.0 Å². The van der Waals surface area contributed by atoms with Gasteiger partial charge >= 0.3 is 10.1 Å². The Morgan fingerprint density at radius 3 is 2.29 bits per heavy atom. The number of rotatable bonds is 10. The second-order valence-electron chi connectivity index (χ2n) is 6.65.